The summed E-state index contributed by atoms with van der Waals surface area (Å²) >= 11 is 0. The second-order valence-corrected chi connectivity index (χ2v) is 3.41. The first-order valence-corrected chi connectivity index (χ1v) is 4.78. The molecule has 0 radical (unpaired) electrons. The van der Waals surface area contributed by atoms with Crippen LogP contribution in [0.25, 0.3) is 0 Å². The molecule has 1 atom stereocenters. The van der Waals surface area contributed by atoms with E-state index in [2.05, 4.69) is 9.97 Å². The van der Waals surface area contributed by atoms with E-state index >= 15 is 0 Å². The fourth-order valence-electron chi connectivity index (χ4n) is 1.25. The standard InChI is InChI=1S/C9H12F3N3O/c1-2-3-5(13)8-14-6(9(10,11)12)4-7(16)15-8/h4-5H,2-3,13H2,1H3,(H,14,15,16). The van der Waals surface area contributed by atoms with Gasteiger partial charge in [-0.15, -0.1) is 0 Å². The number of hydrogen-bond donors (Lipinski definition) is 2. The van der Waals surface area contributed by atoms with Crippen molar-refractivity contribution in [1.82, 2.24) is 9.97 Å². The van der Waals surface area contributed by atoms with Crippen molar-refractivity contribution >= 4 is 0 Å². The highest BCUT2D eigenvalue weighted by Crippen LogP contribution is 2.27. The average molecular weight is 235 g/mol. The smallest absolute Gasteiger partial charge is 0.321 e. The van der Waals surface area contributed by atoms with Crippen LogP contribution in [-0.4, -0.2) is 9.97 Å². The highest BCUT2D eigenvalue weighted by Gasteiger charge is 2.33. The topological polar surface area (TPSA) is 71.8 Å². The Bertz CT molecular complexity index is 413. The van der Waals surface area contributed by atoms with Crippen LogP contribution >= 0.6 is 0 Å². The van der Waals surface area contributed by atoms with E-state index in [1.165, 1.54) is 0 Å². The predicted octanol–water partition coefficient (Wildman–Crippen LogP) is 1.59. The third kappa shape index (κ3) is 3.06. The van der Waals surface area contributed by atoms with Crippen LogP contribution in [0.5, 0.6) is 0 Å². The van der Waals surface area contributed by atoms with Gasteiger partial charge in [-0.25, -0.2) is 4.98 Å². The number of rotatable bonds is 3. The van der Waals surface area contributed by atoms with Crippen LogP contribution in [-0.2, 0) is 6.18 Å². The number of aromatic nitrogens is 2. The zero-order valence-electron chi connectivity index (χ0n) is 8.64. The maximum Gasteiger partial charge on any atom is 0.433 e. The quantitative estimate of drug-likeness (QED) is 0.835. The van der Waals surface area contributed by atoms with Crippen LogP contribution in [0.2, 0.25) is 0 Å². The molecule has 4 nitrogen and oxygen atoms in total. The van der Waals surface area contributed by atoms with Gasteiger partial charge in [-0.1, -0.05) is 13.3 Å². The fourth-order valence-corrected chi connectivity index (χ4v) is 1.25. The summed E-state index contributed by atoms with van der Waals surface area (Å²) in [7, 11) is 0. The summed E-state index contributed by atoms with van der Waals surface area (Å²) in [5, 5.41) is 0. The Hall–Kier alpha value is -1.37. The molecule has 0 aliphatic heterocycles. The van der Waals surface area contributed by atoms with E-state index in [1.807, 2.05) is 6.92 Å². The zero-order chi connectivity index (χ0) is 12.3. The first-order chi connectivity index (χ1) is 7.34. The number of aromatic amines is 1. The van der Waals surface area contributed by atoms with Gasteiger partial charge in [0.15, 0.2) is 5.69 Å². The van der Waals surface area contributed by atoms with Gasteiger partial charge in [0.2, 0.25) is 0 Å². The summed E-state index contributed by atoms with van der Waals surface area (Å²) in [6.45, 7) is 1.84. The molecule has 90 valence electrons. The molecule has 0 aliphatic carbocycles. The zero-order valence-corrected chi connectivity index (χ0v) is 8.64. The molecule has 1 aromatic heterocycles. The van der Waals surface area contributed by atoms with Crippen LogP contribution in [0, 0.1) is 0 Å². The van der Waals surface area contributed by atoms with Crippen LogP contribution in [0.1, 0.15) is 37.3 Å². The molecule has 0 amide bonds. The van der Waals surface area contributed by atoms with Gasteiger partial charge in [0.1, 0.15) is 5.82 Å². The molecule has 0 aliphatic rings. The van der Waals surface area contributed by atoms with E-state index < -0.39 is 23.5 Å². The lowest BCUT2D eigenvalue weighted by Gasteiger charge is -2.11. The summed E-state index contributed by atoms with van der Waals surface area (Å²) < 4.78 is 37.0. The number of H-pyrrole nitrogens is 1. The normalized spacial score (nSPS) is 13.8. The lowest BCUT2D eigenvalue weighted by atomic mass is 10.1. The molecule has 0 spiro atoms. The molecular formula is C9H12F3N3O. The Balaban J connectivity index is 3.13. The van der Waals surface area contributed by atoms with Gasteiger partial charge in [0, 0.05) is 6.07 Å². The van der Waals surface area contributed by atoms with Crippen LogP contribution in [0.15, 0.2) is 10.9 Å². The van der Waals surface area contributed by atoms with Gasteiger partial charge in [-0.05, 0) is 6.42 Å². The summed E-state index contributed by atoms with van der Waals surface area (Å²) in [5.74, 6) is -0.123. The van der Waals surface area contributed by atoms with Crippen LogP contribution < -0.4 is 11.3 Å². The van der Waals surface area contributed by atoms with Crippen molar-refractivity contribution in [3.8, 4) is 0 Å². The second kappa shape index (κ2) is 4.65. The highest BCUT2D eigenvalue weighted by molar-refractivity contribution is 5.08. The van der Waals surface area contributed by atoms with Crippen molar-refractivity contribution in [2.45, 2.75) is 32.0 Å². The molecule has 0 fully saturated rings. The number of nitrogens with two attached hydrogens (primary N) is 1. The summed E-state index contributed by atoms with van der Waals surface area (Å²) in [6.07, 6.45) is -3.47. The molecule has 7 heteroatoms. The largest absolute Gasteiger partial charge is 0.433 e. The molecule has 1 aromatic rings. The SMILES string of the molecule is CCCC(N)c1nc(C(F)(F)F)cc(=O)[nH]1. The van der Waals surface area contributed by atoms with E-state index in [0.717, 1.165) is 0 Å². The highest BCUT2D eigenvalue weighted by atomic mass is 19.4. The summed E-state index contributed by atoms with van der Waals surface area (Å²) in [5.41, 5.74) is 3.53. The molecule has 0 aromatic carbocycles. The number of nitrogens with zero attached hydrogens (tertiary/aromatic N) is 1. The lowest BCUT2D eigenvalue weighted by molar-refractivity contribution is -0.141. The van der Waals surface area contributed by atoms with Crippen LogP contribution in [0.4, 0.5) is 13.2 Å². The number of hydrogen-bond acceptors (Lipinski definition) is 3. The van der Waals surface area contributed by atoms with Crippen molar-refractivity contribution in [1.29, 1.82) is 0 Å². The third-order valence-electron chi connectivity index (χ3n) is 2.00. The van der Waals surface area contributed by atoms with Gasteiger partial charge in [0.05, 0.1) is 6.04 Å². The molecule has 3 N–H and O–H groups in total. The van der Waals surface area contributed by atoms with E-state index in [-0.39, 0.29) is 5.82 Å². The first kappa shape index (κ1) is 12.7. The molecule has 0 saturated heterocycles. The monoisotopic (exact) mass is 235 g/mol. The Kier molecular flexibility index (Phi) is 3.69. The minimum atomic E-state index is -4.63. The van der Waals surface area contributed by atoms with Crippen molar-refractivity contribution in [2.24, 2.45) is 5.73 Å². The maximum atomic E-state index is 12.3. The Morgan fingerprint density at radius 1 is 1.56 bits per heavy atom. The molecule has 1 heterocycles. The predicted molar refractivity (Wildman–Crippen MR) is 51.7 cm³/mol. The summed E-state index contributed by atoms with van der Waals surface area (Å²) in [4.78, 5) is 16.5. The van der Waals surface area contributed by atoms with E-state index in [9.17, 15) is 18.0 Å². The molecule has 1 unspecified atom stereocenters. The molecule has 16 heavy (non-hydrogen) atoms. The van der Waals surface area contributed by atoms with Crippen molar-refractivity contribution < 1.29 is 13.2 Å². The molecule has 0 bridgehead atoms. The van der Waals surface area contributed by atoms with Gasteiger partial charge in [0.25, 0.3) is 5.56 Å². The maximum absolute atomic E-state index is 12.3. The van der Waals surface area contributed by atoms with E-state index in [1.54, 1.807) is 0 Å². The van der Waals surface area contributed by atoms with Gasteiger partial charge in [-0.2, -0.15) is 13.2 Å². The summed E-state index contributed by atoms with van der Waals surface area (Å²) in [6, 6.07) is -0.262. The second-order valence-electron chi connectivity index (χ2n) is 3.41. The fraction of sp³-hybridized carbons (Fsp3) is 0.556. The average Bonchev–Trinajstić information content (AvgIpc) is 2.16. The molecule has 1 rings (SSSR count). The first-order valence-electron chi connectivity index (χ1n) is 4.78. The van der Waals surface area contributed by atoms with Crippen molar-refractivity contribution in [2.75, 3.05) is 0 Å². The van der Waals surface area contributed by atoms with Gasteiger partial charge < -0.3 is 10.7 Å². The van der Waals surface area contributed by atoms with E-state index in [4.69, 9.17) is 5.73 Å². The van der Waals surface area contributed by atoms with Crippen LogP contribution in [0.3, 0.4) is 0 Å². The minimum absolute atomic E-state index is 0.123. The number of nitrogens with one attached hydrogen (secondary N) is 1. The van der Waals surface area contributed by atoms with Gasteiger partial charge in [-0.3, -0.25) is 4.79 Å². The third-order valence-corrected chi connectivity index (χ3v) is 2.00. The van der Waals surface area contributed by atoms with E-state index in [0.29, 0.717) is 18.9 Å². The molecular weight excluding hydrogens is 223 g/mol. The number of halogens is 3. The Labute approximate surface area is 89.7 Å². The number of alkyl halides is 3. The Morgan fingerprint density at radius 3 is 2.69 bits per heavy atom. The van der Waals surface area contributed by atoms with Crippen molar-refractivity contribution in [3.63, 3.8) is 0 Å². The van der Waals surface area contributed by atoms with Crippen molar-refractivity contribution in [3.05, 3.63) is 27.9 Å². The minimum Gasteiger partial charge on any atom is -0.321 e. The Morgan fingerprint density at radius 2 is 2.19 bits per heavy atom. The molecule has 0 saturated carbocycles. The lowest BCUT2D eigenvalue weighted by Crippen LogP contribution is -2.23. The van der Waals surface area contributed by atoms with Gasteiger partial charge >= 0.3 is 6.18 Å².